The summed E-state index contributed by atoms with van der Waals surface area (Å²) in [6.07, 6.45) is 7.03. The molecule has 1 rings (SSSR count). The van der Waals surface area contributed by atoms with Gasteiger partial charge in [0.2, 0.25) is 5.91 Å². The Morgan fingerprint density at radius 3 is 2.38 bits per heavy atom. The second-order valence-electron chi connectivity index (χ2n) is 5.12. The Hall–Kier alpha value is -1.35. The molecule has 0 saturated carbocycles. The van der Waals surface area contributed by atoms with Crippen LogP contribution in [0.3, 0.4) is 0 Å². The van der Waals surface area contributed by atoms with Crippen molar-refractivity contribution in [1.29, 1.82) is 0 Å². The second kappa shape index (κ2) is 10.4. The lowest BCUT2D eigenvalue weighted by atomic mass is 10.1. The molecule has 0 aliphatic rings. The van der Waals surface area contributed by atoms with E-state index in [1.165, 1.54) is 19.3 Å². The zero-order valence-electron chi connectivity index (χ0n) is 13.0. The van der Waals surface area contributed by atoms with Crippen LogP contribution < -0.4 is 5.43 Å². The Labute approximate surface area is 132 Å². The molecule has 1 N–H and O–H groups in total. The van der Waals surface area contributed by atoms with Crippen molar-refractivity contribution in [2.75, 3.05) is 0 Å². The number of benzene rings is 1. The van der Waals surface area contributed by atoms with Crippen molar-refractivity contribution in [3.63, 3.8) is 0 Å². The number of nitrogens with zero attached hydrogens (tertiary/aromatic N) is 1. The van der Waals surface area contributed by atoms with E-state index in [1.54, 1.807) is 0 Å². The minimum atomic E-state index is -0.00795. The molecule has 0 aliphatic heterocycles. The summed E-state index contributed by atoms with van der Waals surface area (Å²) in [5.41, 5.74) is 4.51. The molecule has 0 aromatic heterocycles. The van der Waals surface area contributed by atoms with Gasteiger partial charge in [0.1, 0.15) is 0 Å². The van der Waals surface area contributed by atoms with E-state index < -0.39 is 0 Å². The standard InChI is InChI=1S/C17H25ClN2O/c1-3-5-6-7-8-9-17(21)20-19-16(4-2)14-10-12-15(18)13-11-14/h10-13H,3-9H2,1-2H3,(H,20,21)/b19-16+. The lowest BCUT2D eigenvalue weighted by Gasteiger charge is -2.05. The lowest BCUT2D eigenvalue weighted by Crippen LogP contribution is -2.19. The van der Waals surface area contributed by atoms with Crippen molar-refractivity contribution < 1.29 is 4.79 Å². The van der Waals surface area contributed by atoms with E-state index in [0.717, 1.165) is 30.5 Å². The van der Waals surface area contributed by atoms with Gasteiger partial charge < -0.3 is 0 Å². The van der Waals surface area contributed by atoms with Gasteiger partial charge in [-0.1, -0.05) is 63.3 Å². The Bertz CT molecular complexity index is 454. The van der Waals surface area contributed by atoms with E-state index in [4.69, 9.17) is 11.6 Å². The first-order chi connectivity index (χ1) is 10.2. The summed E-state index contributed by atoms with van der Waals surface area (Å²) < 4.78 is 0. The molecule has 21 heavy (non-hydrogen) atoms. The van der Waals surface area contributed by atoms with Crippen molar-refractivity contribution in [2.45, 2.75) is 58.8 Å². The van der Waals surface area contributed by atoms with Crippen LogP contribution in [0.25, 0.3) is 0 Å². The van der Waals surface area contributed by atoms with Gasteiger partial charge >= 0.3 is 0 Å². The minimum Gasteiger partial charge on any atom is -0.273 e. The minimum absolute atomic E-state index is 0.00795. The second-order valence-corrected chi connectivity index (χ2v) is 5.55. The third-order valence-corrected chi connectivity index (χ3v) is 3.59. The maximum Gasteiger partial charge on any atom is 0.240 e. The summed E-state index contributed by atoms with van der Waals surface area (Å²) in [7, 11) is 0. The normalized spacial score (nSPS) is 11.5. The number of unbranched alkanes of at least 4 members (excludes halogenated alkanes) is 4. The molecule has 1 aromatic rings. The van der Waals surface area contributed by atoms with E-state index >= 15 is 0 Å². The van der Waals surface area contributed by atoms with Gasteiger partial charge in [0.05, 0.1) is 5.71 Å². The fourth-order valence-corrected chi connectivity index (χ4v) is 2.19. The van der Waals surface area contributed by atoms with Crippen molar-refractivity contribution in [1.82, 2.24) is 5.43 Å². The van der Waals surface area contributed by atoms with Crippen molar-refractivity contribution >= 4 is 23.2 Å². The molecule has 3 nitrogen and oxygen atoms in total. The van der Waals surface area contributed by atoms with Crippen LogP contribution in [0.5, 0.6) is 0 Å². The summed E-state index contributed by atoms with van der Waals surface area (Å²) in [6.45, 7) is 4.20. The van der Waals surface area contributed by atoms with E-state index in [2.05, 4.69) is 17.5 Å². The molecular weight excluding hydrogens is 284 g/mol. The SMILES string of the molecule is CCCCCCCC(=O)N/N=C(\CC)c1ccc(Cl)cc1. The molecule has 0 fully saturated rings. The molecule has 0 spiro atoms. The number of rotatable bonds is 9. The fraction of sp³-hybridized carbons (Fsp3) is 0.529. The Balaban J connectivity index is 2.41. The molecule has 0 atom stereocenters. The lowest BCUT2D eigenvalue weighted by molar-refractivity contribution is -0.121. The number of halogens is 1. The van der Waals surface area contributed by atoms with Gasteiger partial charge in [-0.15, -0.1) is 0 Å². The van der Waals surface area contributed by atoms with Gasteiger partial charge in [0.15, 0.2) is 0 Å². The van der Waals surface area contributed by atoms with Crippen LogP contribution in [0.1, 0.15) is 64.4 Å². The molecule has 0 aliphatic carbocycles. The quantitative estimate of drug-likeness (QED) is 0.392. The van der Waals surface area contributed by atoms with Crippen LogP contribution in [-0.2, 0) is 4.79 Å². The molecule has 116 valence electrons. The van der Waals surface area contributed by atoms with Crippen LogP contribution in [0.4, 0.5) is 0 Å². The van der Waals surface area contributed by atoms with Gasteiger partial charge in [-0.05, 0) is 30.5 Å². The largest absolute Gasteiger partial charge is 0.273 e. The highest BCUT2D eigenvalue weighted by molar-refractivity contribution is 6.30. The number of hydrogen-bond donors (Lipinski definition) is 1. The van der Waals surface area contributed by atoms with Gasteiger partial charge in [0.25, 0.3) is 0 Å². The predicted molar refractivity (Wildman–Crippen MR) is 89.8 cm³/mol. The highest BCUT2D eigenvalue weighted by atomic mass is 35.5. The van der Waals surface area contributed by atoms with Crippen LogP contribution in [0.2, 0.25) is 5.02 Å². The zero-order chi connectivity index (χ0) is 15.5. The maximum atomic E-state index is 11.7. The first-order valence-electron chi connectivity index (χ1n) is 7.78. The first kappa shape index (κ1) is 17.7. The van der Waals surface area contributed by atoms with Crippen molar-refractivity contribution in [3.8, 4) is 0 Å². The maximum absolute atomic E-state index is 11.7. The summed E-state index contributed by atoms with van der Waals surface area (Å²) in [5.74, 6) is -0.00795. The Kier molecular flexibility index (Phi) is 8.76. The number of hydrazone groups is 1. The molecule has 1 amide bonds. The summed E-state index contributed by atoms with van der Waals surface area (Å²) in [6, 6.07) is 7.50. The predicted octanol–water partition coefficient (Wildman–Crippen LogP) is 4.93. The third kappa shape index (κ3) is 7.28. The zero-order valence-corrected chi connectivity index (χ0v) is 13.7. The molecule has 1 aromatic carbocycles. The third-order valence-electron chi connectivity index (χ3n) is 3.34. The summed E-state index contributed by atoms with van der Waals surface area (Å²) >= 11 is 5.87. The highest BCUT2D eigenvalue weighted by Gasteiger charge is 2.04. The fourth-order valence-electron chi connectivity index (χ4n) is 2.06. The Morgan fingerprint density at radius 1 is 1.10 bits per heavy atom. The van der Waals surface area contributed by atoms with E-state index in [-0.39, 0.29) is 5.91 Å². The molecular formula is C17H25ClN2O. The number of carbonyl (C=O) groups is 1. The highest BCUT2D eigenvalue weighted by Crippen LogP contribution is 2.11. The van der Waals surface area contributed by atoms with Gasteiger partial charge in [0, 0.05) is 11.4 Å². The van der Waals surface area contributed by atoms with E-state index in [9.17, 15) is 4.79 Å². The molecule has 0 radical (unpaired) electrons. The molecule has 4 heteroatoms. The smallest absolute Gasteiger partial charge is 0.240 e. The number of carbonyl (C=O) groups excluding carboxylic acids is 1. The molecule has 0 bridgehead atoms. The van der Waals surface area contributed by atoms with E-state index in [0.29, 0.717) is 11.4 Å². The van der Waals surface area contributed by atoms with E-state index in [1.807, 2.05) is 31.2 Å². The summed E-state index contributed by atoms with van der Waals surface area (Å²) in [4.78, 5) is 11.7. The molecule has 0 unspecified atom stereocenters. The van der Waals surface area contributed by atoms with Crippen molar-refractivity contribution in [2.24, 2.45) is 5.10 Å². The van der Waals surface area contributed by atoms with Crippen LogP contribution in [0, 0.1) is 0 Å². The van der Waals surface area contributed by atoms with Gasteiger partial charge in [-0.2, -0.15) is 5.10 Å². The molecule has 0 heterocycles. The average Bonchev–Trinajstić information content (AvgIpc) is 2.49. The van der Waals surface area contributed by atoms with Gasteiger partial charge in [-0.25, -0.2) is 5.43 Å². The summed E-state index contributed by atoms with van der Waals surface area (Å²) in [5, 5.41) is 4.93. The average molecular weight is 309 g/mol. The van der Waals surface area contributed by atoms with Crippen LogP contribution in [-0.4, -0.2) is 11.6 Å². The first-order valence-corrected chi connectivity index (χ1v) is 8.16. The monoisotopic (exact) mass is 308 g/mol. The topological polar surface area (TPSA) is 41.5 Å². The van der Waals surface area contributed by atoms with Crippen molar-refractivity contribution in [3.05, 3.63) is 34.9 Å². The van der Waals surface area contributed by atoms with Crippen LogP contribution in [0.15, 0.2) is 29.4 Å². The van der Waals surface area contributed by atoms with Crippen LogP contribution >= 0.6 is 11.6 Å². The number of nitrogens with one attached hydrogen (secondary N) is 1. The number of hydrogen-bond acceptors (Lipinski definition) is 2. The number of amides is 1. The molecule has 0 saturated heterocycles. The Morgan fingerprint density at radius 2 is 1.76 bits per heavy atom. The van der Waals surface area contributed by atoms with Gasteiger partial charge in [-0.3, -0.25) is 4.79 Å².